The summed E-state index contributed by atoms with van der Waals surface area (Å²) >= 11 is 5.16. The van der Waals surface area contributed by atoms with Crippen LogP contribution in [-0.4, -0.2) is 4.98 Å². The molecule has 4 heteroatoms. The predicted octanol–water partition coefficient (Wildman–Crippen LogP) is 4.39. The minimum Gasteiger partial charge on any atom is -0.378 e. The molecule has 1 aromatic heterocycles. The van der Waals surface area contributed by atoms with Crippen LogP contribution in [0.25, 0.3) is 0 Å². The first-order valence-electron chi connectivity index (χ1n) is 5.09. The molecule has 2 nitrogen and oxygen atoms in total. The first-order chi connectivity index (χ1) is 7.66. The molecule has 0 radical (unpaired) electrons. The summed E-state index contributed by atoms with van der Waals surface area (Å²) in [5, 5.41) is 3.47. The Morgan fingerprint density at radius 1 is 1.44 bits per heavy atom. The molecule has 1 atom stereocenters. The number of thiazole rings is 1. The van der Waals surface area contributed by atoms with Gasteiger partial charge in [0.1, 0.15) is 0 Å². The molecule has 0 aliphatic carbocycles. The van der Waals surface area contributed by atoms with Crippen molar-refractivity contribution < 1.29 is 0 Å². The summed E-state index contributed by atoms with van der Waals surface area (Å²) in [5.74, 6) is 0. The summed E-state index contributed by atoms with van der Waals surface area (Å²) in [6.45, 7) is 4.20. The molecule has 16 heavy (non-hydrogen) atoms. The van der Waals surface area contributed by atoms with Crippen LogP contribution in [-0.2, 0) is 0 Å². The molecule has 0 spiro atoms. The number of rotatable bonds is 3. The number of anilines is 1. The molecule has 1 N–H and O–H groups in total. The second kappa shape index (κ2) is 4.97. The zero-order valence-electron chi connectivity index (χ0n) is 9.20. The molecule has 84 valence electrons. The Balaban J connectivity index is 2.14. The first kappa shape index (κ1) is 11.6. The number of halogens is 1. The van der Waals surface area contributed by atoms with Gasteiger partial charge in [-0.05, 0) is 32.0 Å². The Kier molecular flexibility index (Phi) is 3.61. The van der Waals surface area contributed by atoms with E-state index >= 15 is 0 Å². The molecule has 2 rings (SSSR count). The zero-order valence-corrected chi connectivity index (χ0v) is 11.6. The van der Waals surface area contributed by atoms with E-state index in [9.17, 15) is 0 Å². The maximum absolute atomic E-state index is 4.27. The molecular formula is C12H13BrN2S. The van der Waals surface area contributed by atoms with Gasteiger partial charge in [-0.15, -0.1) is 11.3 Å². The highest BCUT2D eigenvalue weighted by Crippen LogP contribution is 2.26. The van der Waals surface area contributed by atoms with Gasteiger partial charge in [-0.1, -0.05) is 22.0 Å². The predicted molar refractivity (Wildman–Crippen MR) is 73.0 cm³/mol. The quantitative estimate of drug-likeness (QED) is 0.909. The standard InChI is InChI=1S/C12H13BrN2S/c1-8-12(16-7-14-8)9(2)15-11-5-3-4-10(13)6-11/h3-7,9,15H,1-2H3. The minimum atomic E-state index is 0.293. The summed E-state index contributed by atoms with van der Waals surface area (Å²) < 4.78 is 1.09. The van der Waals surface area contributed by atoms with Crippen molar-refractivity contribution in [1.29, 1.82) is 0 Å². The molecule has 0 amide bonds. The normalized spacial score (nSPS) is 12.4. The van der Waals surface area contributed by atoms with E-state index in [1.54, 1.807) is 11.3 Å². The first-order valence-corrected chi connectivity index (χ1v) is 6.76. The Morgan fingerprint density at radius 2 is 2.25 bits per heavy atom. The van der Waals surface area contributed by atoms with E-state index in [-0.39, 0.29) is 0 Å². The Labute approximate surface area is 108 Å². The lowest BCUT2D eigenvalue weighted by Crippen LogP contribution is -2.06. The lowest BCUT2D eigenvalue weighted by atomic mass is 10.2. The number of hydrogen-bond donors (Lipinski definition) is 1. The van der Waals surface area contributed by atoms with Crippen molar-refractivity contribution in [2.45, 2.75) is 19.9 Å². The molecule has 0 saturated heterocycles. The summed E-state index contributed by atoms with van der Waals surface area (Å²) in [5.41, 5.74) is 4.12. The molecule has 2 aromatic rings. The Bertz CT molecular complexity index is 481. The molecule has 0 aliphatic rings. The molecule has 0 fully saturated rings. The van der Waals surface area contributed by atoms with Crippen molar-refractivity contribution in [3.05, 3.63) is 44.8 Å². The van der Waals surface area contributed by atoms with E-state index in [1.165, 1.54) is 4.88 Å². The van der Waals surface area contributed by atoms with Crippen LogP contribution in [0.3, 0.4) is 0 Å². The highest BCUT2D eigenvalue weighted by molar-refractivity contribution is 9.10. The Hall–Kier alpha value is -0.870. The number of nitrogens with one attached hydrogen (secondary N) is 1. The number of benzene rings is 1. The Morgan fingerprint density at radius 3 is 2.88 bits per heavy atom. The van der Waals surface area contributed by atoms with Crippen LogP contribution in [0, 0.1) is 6.92 Å². The summed E-state index contributed by atoms with van der Waals surface area (Å²) in [6, 6.07) is 8.48. The second-order valence-corrected chi connectivity index (χ2v) is 5.48. The summed E-state index contributed by atoms with van der Waals surface area (Å²) in [7, 11) is 0. The highest BCUT2D eigenvalue weighted by Gasteiger charge is 2.10. The fourth-order valence-electron chi connectivity index (χ4n) is 1.62. The number of nitrogens with zero attached hydrogens (tertiary/aromatic N) is 1. The molecular weight excluding hydrogens is 284 g/mol. The van der Waals surface area contributed by atoms with Crippen molar-refractivity contribution in [3.8, 4) is 0 Å². The van der Waals surface area contributed by atoms with Gasteiger partial charge in [0.15, 0.2) is 0 Å². The SMILES string of the molecule is Cc1ncsc1C(C)Nc1cccc(Br)c1. The van der Waals surface area contributed by atoms with Crippen LogP contribution in [0.15, 0.2) is 34.2 Å². The maximum atomic E-state index is 4.27. The second-order valence-electron chi connectivity index (χ2n) is 3.68. The van der Waals surface area contributed by atoms with Crippen LogP contribution in [0.2, 0.25) is 0 Å². The van der Waals surface area contributed by atoms with Crippen LogP contribution in [0.4, 0.5) is 5.69 Å². The van der Waals surface area contributed by atoms with E-state index in [0.29, 0.717) is 6.04 Å². The molecule has 1 heterocycles. The molecule has 0 aliphatic heterocycles. The third-order valence-electron chi connectivity index (χ3n) is 2.38. The average molecular weight is 297 g/mol. The van der Waals surface area contributed by atoms with Gasteiger partial charge in [0.25, 0.3) is 0 Å². The van der Waals surface area contributed by atoms with E-state index < -0.39 is 0 Å². The van der Waals surface area contributed by atoms with Gasteiger partial charge in [0.2, 0.25) is 0 Å². The third kappa shape index (κ3) is 2.62. The summed E-state index contributed by atoms with van der Waals surface area (Å²) in [4.78, 5) is 5.56. The van der Waals surface area contributed by atoms with Gasteiger partial charge in [-0.25, -0.2) is 4.98 Å². The topological polar surface area (TPSA) is 24.9 Å². The van der Waals surface area contributed by atoms with E-state index in [0.717, 1.165) is 15.9 Å². The van der Waals surface area contributed by atoms with Crippen LogP contribution < -0.4 is 5.32 Å². The largest absolute Gasteiger partial charge is 0.378 e. The number of aromatic nitrogens is 1. The lowest BCUT2D eigenvalue weighted by Gasteiger charge is -2.14. The fourth-order valence-corrected chi connectivity index (χ4v) is 2.83. The van der Waals surface area contributed by atoms with Crippen molar-refractivity contribution >= 4 is 33.0 Å². The molecule has 1 aromatic carbocycles. The van der Waals surface area contributed by atoms with E-state index in [1.807, 2.05) is 24.6 Å². The van der Waals surface area contributed by atoms with E-state index in [4.69, 9.17) is 0 Å². The van der Waals surface area contributed by atoms with Gasteiger partial charge in [0.05, 0.1) is 17.2 Å². The van der Waals surface area contributed by atoms with Crippen LogP contribution in [0.5, 0.6) is 0 Å². The third-order valence-corrected chi connectivity index (χ3v) is 3.99. The van der Waals surface area contributed by atoms with Crippen molar-refractivity contribution in [2.24, 2.45) is 0 Å². The van der Waals surface area contributed by atoms with Crippen LogP contribution in [0.1, 0.15) is 23.5 Å². The maximum Gasteiger partial charge on any atom is 0.0798 e. The number of hydrogen-bond acceptors (Lipinski definition) is 3. The van der Waals surface area contributed by atoms with Gasteiger partial charge in [0, 0.05) is 15.0 Å². The van der Waals surface area contributed by atoms with Crippen LogP contribution >= 0.6 is 27.3 Å². The van der Waals surface area contributed by atoms with Gasteiger partial charge in [-0.2, -0.15) is 0 Å². The van der Waals surface area contributed by atoms with E-state index in [2.05, 4.69) is 45.3 Å². The molecule has 1 unspecified atom stereocenters. The highest BCUT2D eigenvalue weighted by atomic mass is 79.9. The average Bonchev–Trinajstić information content (AvgIpc) is 2.64. The molecule has 0 bridgehead atoms. The monoisotopic (exact) mass is 296 g/mol. The van der Waals surface area contributed by atoms with Gasteiger partial charge < -0.3 is 5.32 Å². The lowest BCUT2D eigenvalue weighted by molar-refractivity contribution is 0.890. The van der Waals surface area contributed by atoms with Crippen molar-refractivity contribution in [3.63, 3.8) is 0 Å². The van der Waals surface area contributed by atoms with Crippen molar-refractivity contribution in [2.75, 3.05) is 5.32 Å². The van der Waals surface area contributed by atoms with Gasteiger partial charge in [-0.3, -0.25) is 0 Å². The number of aryl methyl sites for hydroxylation is 1. The minimum absolute atomic E-state index is 0.293. The summed E-state index contributed by atoms with van der Waals surface area (Å²) in [6.07, 6.45) is 0. The molecule has 0 saturated carbocycles. The fraction of sp³-hybridized carbons (Fsp3) is 0.250. The van der Waals surface area contributed by atoms with Crippen molar-refractivity contribution in [1.82, 2.24) is 4.98 Å². The smallest absolute Gasteiger partial charge is 0.0798 e. The van der Waals surface area contributed by atoms with Gasteiger partial charge >= 0.3 is 0 Å². The zero-order chi connectivity index (χ0) is 11.5.